The molecule has 1 heterocycles. The zero-order valence-corrected chi connectivity index (χ0v) is 14.4. The largest absolute Gasteiger partial charge is 0.282 e. The van der Waals surface area contributed by atoms with Gasteiger partial charge in [-0.1, -0.05) is 23.7 Å². The van der Waals surface area contributed by atoms with E-state index in [0.717, 1.165) is 20.2 Å². The van der Waals surface area contributed by atoms with Crippen LogP contribution in [0, 0.1) is 9.39 Å². The molecule has 0 spiro atoms. The summed E-state index contributed by atoms with van der Waals surface area (Å²) in [6.45, 7) is 0. The van der Waals surface area contributed by atoms with E-state index in [9.17, 15) is 14.0 Å². The highest BCUT2D eigenvalue weighted by Gasteiger charge is 2.34. The SMILES string of the molecule is O=C1NN(c2ccc(F)c(Cl)c2)C(=O)/C1=C\c1cccc(I)c1. The average molecular weight is 443 g/mol. The molecule has 1 aliphatic heterocycles. The van der Waals surface area contributed by atoms with Crippen LogP contribution in [0.1, 0.15) is 5.56 Å². The Labute approximate surface area is 150 Å². The van der Waals surface area contributed by atoms with Crippen molar-refractivity contribution in [3.05, 3.63) is 68.0 Å². The number of nitrogens with one attached hydrogen (secondary N) is 1. The van der Waals surface area contributed by atoms with Crippen LogP contribution in [0.5, 0.6) is 0 Å². The minimum absolute atomic E-state index is 0.00690. The first-order valence-electron chi connectivity index (χ1n) is 6.53. The monoisotopic (exact) mass is 442 g/mol. The molecule has 2 amide bonds. The van der Waals surface area contributed by atoms with E-state index in [1.165, 1.54) is 18.2 Å². The number of amides is 2. The van der Waals surface area contributed by atoms with Gasteiger partial charge in [0.1, 0.15) is 11.4 Å². The molecule has 23 heavy (non-hydrogen) atoms. The zero-order valence-electron chi connectivity index (χ0n) is 11.5. The van der Waals surface area contributed by atoms with Crippen molar-refractivity contribution >= 4 is 57.8 Å². The maximum atomic E-state index is 13.2. The van der Waals surface area contributed by atoms with Gasteiger partial charge in [-0.2, -0.15) is 0 Å². The number of carbonyl (C=O) groups is 2. The molecule has 116 valence electrons. The molecule has 1 N–H and O–H groups in total. The number of rotatable bonds is 2. The topological polar surface area (TPSA) is 49.4 Å². The van der Waals surface area contributed by atoms with Crippen molar-refractivity contribution in [2.45, 2.75) is 0 Å². The van der Waals surface area contributed by atoms with E-state index in [0.29, 0.717) is 5.69 Å². The van der Waals surface area contributed by atoms with Crippen molar-refractivity contribution in [2.24, 2.45) is 0 Å². The molecule has 1 saturated heterocycles. The van der Waals surface area contributed by atoms with Gasteiger partial charge in [0.25, 0.3) is 11.8 Å². The Balaban J connectivity index is 1.95. The van der Waals surface area contributed by atoms with E-state index < -0.39 is 17.6 Å². The van der Waals surface area contributed by atoms with Gasteiger partial charge in [-0.05, 0) is 64.6 Å². The van der Waals surface area contributed by atoms with Crippen molar-refractivity contribution in [1.29, 1.82) is 0 Å². The Morgan fingerprint density at radius 1 is 1.17 bits per heavy atom. The third-order valence-electron chi connectivity index (χ3n) is 3.21. The van der Waals surface area contributed by atoms with Crippen molar-refractivity contribution in [2.75, 3.05) is 5.01 Å². The summed E-state index contributed by atoms with van der Waals surface area (Å²) in [5, 5.41) is 0.924. The number of carbonyl (C=O) groups excluding carboxylic acids is 2. The molecular formula is C16H9ClFIN2O2. The number of hydrogen-bond acceptors (Lipinski definition) is 2. The zero-order chi connectivity index (χ0) is 16.6. The molecule has 0 bridgehead atoms. The molecule has 0 saturated carbocycles. The third kappa shape index (κ3) is 3.23. The first kappa shape index (κ1) is 15.9. The summed E-state index contributed by atoms with van der Waals surface area (Å²) in [5.41, 5.74) is 3.49. The van der Waals surface area contributed by atoms with Crippen LogP contribution in [0.15, 0.2) is 48.0 Å². The number of halogens is 3. The summed E-state index contributed by atoms with van der Waals surface area (Å²) in [5.74, 6) is -1.63. The smallest absolute Gasteiger partial charge is 0.267 e. The van der Waals surface area contributed by atoms with Crippen LogP contribution in [-0.4, -0.2) is 11.8 Å². The molecule has 1 fully saturated rings. The summed E-state index contributed by atoms with van der Waals surface area (Å²) in [7, 11) is 0. The molecule has 3 rings (SSSR count). The summed E-state index contributed by atoms with van der Waals surface area (Å²) in [4.78, 5) is 24.5. The minimum Gasteiger partial charge on any atom is -0.267 e. The van der Waals surface area contributed by atoms with Crippen LogP contribution in [0.2, 0.25) is 5.02 Å². The first-order chi connectivity index (χ1) is 11.0. The molecule has 2 aromatic carbocycles. The van der Waals surface area contributed by atoms with Gasteiger partial charge in [0, 0.05) is 3.57 Å². The Hall–Kier alpha value is -1.93. The number of hydrazine groups is 1. The molecule has 1 aliphatic rings. The average Bonchev–Trinajstić information content (AvgIpc) is 2.78. The fraction of sp³-hybridized carbons (Fsp3) is 0. The molecule has 0 aromatic heterocycles. The first-order valence-corrected chi connectivity index (χ1v) is 7.99. The highest BCUT2D eigenvalue weighted by Crippen LogP contribution is 2.26. The van der Waals surface area contributed by atoms with E-state index in [1.54, 1.807) is 6.07 Å². The second-order valence-electron chi connectivity index (χ2n) is 4.79. The van der Waals surface area contributed by atoms with Gasteiger partial charge < -0.3 is 0 Å². The lowest BCUT2D eigenvalue weighted by atomic mass is 10.1. The quantitative estimate of drug-likeness (QED) is 0.439. The van der Waals surface area contributed by atoms with Crippen LogP contribution >= 0.6 is 34.2 Å². The summed E-state index contributed by atoms with van der Waals surface area (Å²) < 4.78 is 14.2. The Kier molecular flexibility index (Phi) is 4.36. The fourth-order valence-corrected chi connectivity index (χ4v) is 2.87. The Morgan fingerprint density at radius 3 is 2.65 bits per heavy atom. The van der Waals surface area contributed by atoms with Crippen LogP contribution in [0.25, 0.3) is 6.08 Å². The molecule has 0 atom stereocenters. The van der Waals surface area contributed by atoms with E-state index in [-0.39, 0.29) is 10.6 Å². The van der Waals surface area contributed by atoms with Crippen LogP contribution in [0.3, 0.4) is 0 Å². The Bertz CT molecular complexity index is 854. The minimum atomic E-state index is -0.594. The molecule has 4 nitrogen and oxygen atoms in total. The van der Waals surface area contributed by atoms with Crippen molar-refractivity contribution in [1.82, 2.24) is 5.43 Å². The lowest BCUT2D eigenvalue weighted by molar-refractivity contribution is -0.117. The molecule has 2 aromatic rings. The molecule has 0 radical (unpaired) electrons. The lowest BCUT2D eigenvalue weighted by Crippen LogP contribution is -2.35. The predicted molar refractivity (Wildman–Crippen MR) is 94.2 cm³/mol. The summed E-state index contributed by atoms with van der Waals surface area (Å²) >= 11 is 7.87. The van der Waals surface area contributed by atoms with E-state index in [4.69, 9.17) is 11.6 Å². The van der Waals surface area contributed by atoms with Gasteiger partial charge in [0.2, 0.25) is 0 Å². The van der Waals surface area contributed by atoms with Crippen molar-refractivity contribution in [3.63, 3.8) is 0 Å². The summed E-state index contributed by atoms with van der Waals surface area (Å²) in [6, 6.07) is 11.2. The van der Waals surface area contributed by atoms with Gasteiger partial charge >= 0.3 is 0 Å². The molecule has 7 heteroatoms. The van der Waals surface area contributed by atoms with Gasteiger partial charge in [-0.25, -0.2) is 9.40 Å². The fourth-order valence-electron chi connectivity index (χ4n) is 2.13. The van der Waals surface area contributed by atoms with E-state index >= 15 is 0 Å². The number of nitrogens with zero attached hydrogens (tertiary/aromatic N) is 1. The second-order valence-corrected chi connectivity index (χ2v) is 6.45. The lowest BCUT2D eigenvalue weighted by Gasteiger charge is -2.14. The maximum absolute atomic E-state index is 13.2. The maximum Gasteiger partial charge on any atom is 0.282 e. The normalized spacial score (nSPS) is 16.1. The molecule has 0 unspecified atom stereocenters. The predicted octanol–water partition coefficient (Wildman–Crippen LogP) is 3.55. The third-order valence-corrected chi connectivity index (χ3v) is 4.17. The van der Waals surface area contributed by atoms with Gasteiger partial charge in [-0.15, -0.1) is 0 Å². The molecule has 0 aliphatic carbocycles. The van der Waals surface area contributed by atoms with Crippen LogP contribution < -0.4 is 10.4 Å². The second kappa shape index (κ2) is 6.29. The van der Waals surface area contributed by atoms with Gasteiger partial charge in [0.15, 0.2) is 0 Å². The Morgan fingerprint density at radius 2 is 1.96 bits per heavy atom. The van der Waals surface area contributed by atoms with Crippen molar-refractivity contribution in [3.8, 4) is 0 Å². The standard InChI is InChI=1S/C16H9ClFIN2O2/c17-13-8-11(4-5-14(13)18)21-16(23)12(15(22)20-21)7-9-2-1-3-10(19)6-9/h1-8H,(H,20,22)/b12-7-. The van der Waals surface area contributed by atoms with Crippen molar-refractivity contribution < 1.29 is 14.0 Å². The molecular weight excluding hydrogens is 434 g/mol. The van der Waals surface area contributed by atoms with Crippen LogP contribution in [0.4, 0.5) is 10.1 Å². The van der Waals surface area contributed by atoms with E-state index in [1.807, 2.05) is 18.2 Å². The highest BCUT2D eigenvalue weighted by atomic mass is 127. The number of anilines is 1. The van der Waals surface area contributed by atoms with Crippen LogP contribution in [-0.2, 0) is 9.59 Å². The highest BCUT2D eigenvalue weighted by molar-refractivity contribution is 14.1. The van der Waals surface area contributed by atoms with E-state index in [2.05, 4.69) is 28.0 Å². The van der Waals surface area contributed by atoms with Gasteiger partial charge in [0.05, 0.1) is 10.7 Å². The van der Waals surface area contributed by atoms with Gasteiger partial charge in [-0.3, -0.25) is 15.0 Å². The summed E-state index contributed by atoms with van der Waals surface area (Å²) in [6.07, 6.45) is 1.52. The number of benzene rings is 2. The number of hydrogen-bond donors (Lipinski definition) is 1.